The summed E-state index contributed by atoms with van der Waals surface area (Å²) in [6.45, 7) is 13.7. The Hall–Kier alpha value is -0.860. The van der Waals surface area contributed by atoms with Gasteiger partial charge in [0.05, 0.1) is 0 Å². The van der Waals surface area contributed by atoms with Gasteiger partial charge in [-0.05, 0) is 60.1 Å². The van der Waals surface area contributed by atoms with Gasteiger partial charge in [0.2, 0.25) is 0 Å². The minimum Gasteiger partial charge on any atom is -0.140 e. The summed E-state index contributed by atoms with van der Waals surface area (Å²) in [7, 11) is 0. The number of thiophene rings is 2. The minimum atomic E-state index is 0.623. The van der Waals surface area contributed by atoms with E-state index in [0.717, 1.165) is 0 Å². The third-order valence-corrected chi connectivity index (χ3v) is 7.17. The Labute approximate surface area is 156 Å². The normalized spacial score (nSPS) is 12.2. The molecule has 0 aliphatic heterocycles. The number of hydrogen-bond acceptors (Lipinski definition) is 2. The Morgan fingerprint density at radius 1 is 0.750 bits per heavy atom. The van der Waals surface area contributed by atoms with Gasteiger partial charge in [-0.1, -0.05) is 54.4 Å². The van der Waals surface area contributed by atoms with E-state index in [1.54, 1.807) is 0 Å². The third-order valence-electron chi connectivity index (χ3n) is 4.28. The fraction of sp³-hybridized carbons (Fsp3) is 0.545. The van der Waals surface area contributed by atoms with Gasteiger partial charge in [-0.25, -0.2) is 0 Å². The summed E-state index contributed by atoms with van der Waals surface area (Å²) < 4.78 is 0. The van der Waals surface area contributed by atoms with Gasteiger partial charge < -0.3 is 0 Å². The molecule has 2 rings (SSSR count). The van der Waals surface area contributed by atoms with Gasteiger partial charge in [0.25, 0.3) is 0 Å². The maximum absolute atomic E-state index is 2.43. The molecule has 132 valence electrons. The van der Waals surface area contributed by atoms with E-state index in [2.05, 4.69) is 65.8 Å². The maximum atomic E-state index is 2.43. The van der Waals surface area contributed by atoms with E-state index < -0.39 is 0 Å². The number of hydrogen-bond donors (Lipinski definition) is 0. The highest BCUT2D eigenvalue weighted by Crippen LogP contribution is 2.34. The summed E-state index contributed by atoms with van der Waals surface area (Å²) >= 11 is 3.95. The van der Waals surface area contributed by atoms with Crippen molar-refractivity contribution in [1.29, 1.82) is 0 Å². The standard InChI is InChI=1S/C22H32S2/c1-7-9-17-13-21(15(3)4)23-19(17)11-12-20-18(10-8-2)14-22(24-20)16(5)6/h11-16H,7-10H2,1-6H3/b12-11+. The van der Waals surface area contributed by atoms with E-state index in [1.807, 2.05) is 22.7 Å². The first kappa shape index (κ1) is 19.5. The number of rotatable bonds is 8. The lowest BCUT2D eigenvalue weighted by Crippen LogP contribution is -1.83. The largest absolute Gasteiger partial charge is 0.140 e. The van der Waals surface area contributed by atoms with Crippen LogP contribution in [0.1, 0.15) is 96.9 Å². The summed E-state index contributed by atoms with van der Waals surface area (Å²) in [6, 6.07) is 4.86. The summed E-state index contributed by atoms with van der Waals surface area (Å²) in [6.07, 6.45) is 9.55. The molecule has 0 saturated carbocycles. The average molecular weight is 361 g/mol. The molecule has 0 amide bonds. The first-order valence-electron chi connectivity index (χ1n) is 9.39. The van der Waals surface area contributed by atoms with Gasteiger partial charge in [0, 0.05) is 19.5 Å². The van der Waals surface area contributed by atoms with E-state index in [0.29, 0.717) is 11.8 Å². The number of aryl methyl sites for hydroxylation is 2. The molecule has 0 aliphatic carbocycles. The van der Waals surface area contributed by atoms with Crippen LogP contribution in [-0.4, -0.2) is 0 Å². The van der Waals surface area contributed by atoms with Crippen LogP contribution in [0.5, 0.6) is 0 Å². The molecule has 0 bridgehead atoms. The quantitative estimate of drug-likeness (QED) is 0.445. The highest BCUT2D eigenvalue weighted by atomic mass is 32.1. The molecule has 0 unspecified atom stereocenters. The van der Waals surface area contributed by atoms with E-state index >= 15 is 0 Å². The van der Waals surface area contributed by atoms with Crippen molar-refractivity contribution < 1.29 is 0 Å². The molecule has 2 heterocycles. The van der Waals surface area contributed by atoms with Crippen LogP contribution in [0.15, 0.2) is 12.1 Å². The topological polar surface area (TPSA) is 0 Å². The molecule has 0 aromatic carbocycles. The monoisotopic (exact) mass is 360 g/mol. The van der Waals surface area contributed by atoms with E-state index in [9.17, 15) is 0 Å². The SMILES string of the molecule is CCCc1cc(C(C)C)sc1/C=C/c1sc(C(C)C)cc1CCC. The summed E-state index contributed by atoms with van der Waals surface area (Å²) in [4.78, 5) is 5.95. The van der Waals surface area contributed by atoms with Crippen LogP contribution >= 0.6 is 22.7 Å². The van der Waals surface area contributed by atoms with Crippen LogP contribution in [0, 0.1) is 0 Å². The summed E-state index contributed by atoms with van der Waals surface area (Å²) in [5, 5.41) is 0. The van der Waals surface area contributed by atoms with Crippen LogP contribution in [-0.2, 0) is 12.8 Å². The molecule has 2 aromatic rings. The van der Waals surface area contributed by atoms with Crippen LogP contribution in [0.2, 0.25) is 0 Å². The highest BCUT2D eigenvalue weighted by molar-refractivity contribution is 7.14. The van der Waals surface area contributed by atoms with Crippen LogP contribution in [0.4, 0.5) is 0 Å². The second kappa shape index (κ2) is 9.01. The second-order valence-corrected chi connectivity index (χ2v) is 9.45. The van der Waals surface area contributed by atoms with Crippen molar-refractivity contribution in [2.24, 2.45) is 0 Å². The lowest BCUT2D eigenvalue weighted by atomic mass is 10.1. The van der Waals surface area contributed by atoms with Crippen LogP contribution in [0.25, 0.3) is 12.2 Å². The predicted octanol–water partition coefficient (Wildman–Crippen LogP) is 8.13. The molecule has 0 N–H and O–H groups in total. The molecule has 0 fully saturated rings. The Kier molecular flexibility index (Phi) is 7.31. The summed E-state index contributed by atoms with van der Waals surface area (Å²) in [5.41, 5.74) is 3.06. The van der Waals surface area contributed by atoms with E-state index in [-0.39, 0.29) is 0 Å². The minimum absolute atomic E-state index is 0.623. The molecule has 0 aliphatic rings. The van der Waals surface area contributed by atoms with Crippen LogP contribution in [0.3, 0.4) is 0 Å². The molecule has 24 heavy (non-hydrogen) atoms. The zero-order valence-corrected chi connectivity index (χ0v) is 17.7. The zero-order valence-electron chi connectivity index (χ0n) is 16.1. The van der Waals surface area contributed by atoms with Crippen molar-refractivity contribution in [2.45, 2.75) is 79.1 Å². The fourth-order valence-electron chi connectivity index (χ4n) is 2.86. The lowest BCUT2D eigenvalue weighted by molar-refractivity contribution is 0.880. The van der Waals surface area contributed by atoms with Crippen molar-refractivity contribution in [3.05, 3.63) is 42.8 Å². The van der Waals surface area contributed by atoms with Gasteiger partial charge in [0.15, 0.2) is 0 Å². The molecular weight excluding hydrogens is 328 g/mol. The van der Waals surface area contributed by atoms with Crippen molar-refractivity contribution in [2.75, 3.05) is 0 Å². The lowest BCUT2D eigenvalue weighted by Gasteiger charge is -1.98. The van der Waals surface area contributed by atoms with E-state index in [4.69, 9.17) is 0 Å². The van der Waals surface area contributed by atoms with Crippen molar-refractivity contribution in [3.8, 4) is 0 Å². The second-order valence-electron chi connectivity index (χ2n) is 7.22. The van der Waals surface area contributed by atoms with Crippen LogP contribution < -0.4 is 0 Å². The van der Waals surface area contributed by atoms with Gasteiger partial charge in [0.1, 0.15) is 0 Å². The van der Waals surface area contributed by atoms with Gasteiger partial charge in [-0.3, -0.25) is 0 Å². The average Bonchev–Trinajstić information content (AvgIpc) is 3.10. The molecule has 2 aromatic heterocycles. The molecular formula is C22H32S2. The van der Waals surface area contributed by atoms with Crippen molar-refractivity contribution in [1.82, 2.24) is 0 Å². The van der Waals surface area contributed by atoms with Crippen molar-refractivity contribution >= 4 is 34.8 Å². The van der Waals surface area contributed by atoms with E-state index in [1.165, 1.54) is 56.3 Å². The molecule has 0 saturated heterocycles. The van der Waals surface area contributed by atoms with Gasteiger partial charge >= 0.3 is 0 Å². The van der Waals surface area contributed by atoms with Crippen molar-refractivity contribution in [3.63, 3.8) is 0 Å². The summed E-state index contributed by atoms with van der Waals surface area (Å²) in [5.74, 6) is 1.25. The van der Waals surface area contributed by atoms with Gasteiger partial charge in [-0.2, -0.15) is 0 Å². The Balaban J connectivity index is 2.33. The Morgan fingerprint density at radius 3 is 1.42 bits per heavy atom. The molecule has 2 heteroatoms. The first-order chi connectivity index (χ1) is 11.5. The molecule has 0 radical (unpaired) electrons. The zero-order chi connectivity index (χ0) is 17.7. The third kappa shape index (κ3) is 4.83. The molecule has 0 atom stereocenters. The maximum Gasteiger partial charge on any atom is 0.0305 e. The highest BCUT2D eigenvalue weighted by Gasteiger charge is 2.11. The fourth-order valence-corrected chi connectivity index (χ4v) is 5.10. The Bertz CT molecular complexity index is 610. The molecule has 0 nitrogen and oxygen atoms in total. The smallest absolute Gasteiger partial charge is 0.0305 e. The molecule has 0 spiro atoms. The van der Waals surface area contributed by atoms with Gasteiger partial charge in [-0.15, -0.1) is 22.7 Å². The predicted molar refractivity (Wildman–Crippen MR) is 114 cm³/mol. The first-order valence-corrected chi connectivity index (χ1v) is 11.0. The Morgan fingerprint density at radius 2 is 1.12 bits per heavy atom.